The number of urea groups is 1. The van der Waals surface area contributed by atoms with Crippen LogP contribution < -0.4 is 5.32 Å². The first-order chi connectivity index (χ1) is 13.0. The molecule has 10 heteroatoms. The number of nitrogens with one attached hydrogen (secondary N) is 1. The number of nitro benzene ring substituents is 1. The van der Waals surface area contributed by atoms with Crippen LogP contribution in [0.25, 0.3) is 0 Å². The molecule has 0 unspecified atom stereocenters. The Morgan fingerprint density at radius 2 is 1.79 bits per heavy atom. The van der Waals surface area contributed by atoms with Crippen LogP contribution in [0.5, 0.6) is 0 Å². The van der Waals surface area contributed by atoms with Gasteiger partial charge in [-0.3, -0.25) is 19.8 Å². The number of nitro groups is 1. The van der Waals surface area contributed by atoms with Crippen molar-refractivity contribution in [1.29, 1.82) is 0 Å². The van der Waals surface area contributed by atoms with Gasteiger partial charge in [-0.05, 0) is 30.2 Å². The van der Waals surface area contributed by atoms with Crippen molar-refractivity contribution in [1.82, 2.24) is 10.2 Å². The fourth-order valence-corrected chi connectivity index (χ4v) is 2.95. The van der Waals surface area contributed by atoms with Crippen molar-refractivity contribution in [2.24, 2.45) is 0 Å². The Kier molecular flexibility index (Phi) is 4.58. The predicted molar refractivity (Wildman–Crippen MR) is 91.0 cm³/mol. The van der Waals surface area contributed by atoms with Crippen LogP contribution in [0.2, 0.25) is 0 Å². The molecular weight excluding hydrogens is 379 g/mol. The van der Waals surface area contributed by atoms with Crippen molar-refractivity contribution >= 4 is 17.6 Å². The van der Waals surface area contributed by atoms with Crippen molar-refractivity contribution in [3.05, 3.63) is 75.3 Å². The number of alkyl halides is 3. The zero-order valence-corrected chi connectivity index (χ0v) is 14.5. The lowest BCUT2D eigenvalue weighted by atomic mass is 9.91. The summed E-state index contributed by atoms with van der Waals surface area (Å²) in [6.07, 6.45) is -4.49. The maximum absolute atomic E-state index is 12.8. The van der Waals surface area contributed by atoms with Gasteiger partial charge in [0.2, 0.25) is 0 Å². The molecule has 1 saturated heterocycles. The number of carbonyl (C=O) groups is 2. The quantitative estimate of drug-likeness (QED) is 0.488. The second kappa shape index (κ2) is 6.63. The molecule has 0 radical (unpaired) electrons. The van der Waals surface area contributed by atoms with E-state index in [4.69, 9.17) is 0 Å². The summed E-state index contributed by atoms with van der Waals surface area (Å²) in [5.74, 6) is -0.655. The Morgan fingerprint density at radius 3 is 2.36 bits per heavy atom. The molecule has 2 aromatic rings. The number of non-ortho nitro benzene ring substituents is 1. The van der Waals surface area contributed by atoms with Gasteiger partial charge < -0.3 is 5.32 Å². The number of halogens is 3. The van der Waals surface area contributed by atoms with Gasteiger partial charge in [0.1, 0.15) is 5.54 Å². The maximum Gasteiger partial charge on any atom is 0.416 e. The average Bonchev–Trinajstić information content (AvgIpc) is 2.86. The maximum atomic E-state index is 12.8. The van der Waals surface area contributed by atoms with Crippen LogP contribution in [0.15, 0.2) is 48.5 Å². The highest BCUT2D eigenvalue weighted by Crippen LogP contribution is 2.32. The lowest BCUT2D eigenvalue weighted by molar-refractivity contribution is -0.385. The van der Waals surface area contributed by atoms with Crippen LogP contribution in [0.1, 0.15) is 23.6 Å². The van der Waals surface area contributed by atoms with Crippen molar-refractivity contribution in [2.75, 3.05) is 0 Å². The Hall–Kier alpha value is -3.43. The molecule has 3 rings (SSSR count). The highest BCUT2D eigenvalue weighted by molar-refractivity contribution is 6.07. The molecule has 0 spiro atoms. The summed E-state index contributed by atoms with van der Waals surface area (Å²) in [6, 6.07) is 8.70. The van der Waals surface area contributed by atoms with E-state index >= 15 is 0 Å². The van der Waals surface area contributed by atoms with Crippen molar-refractivity contribution < 1.29 is 27.7 Å². The minimum absolute atomic E-state index is 0.229. The van der Waals surface area contributed by atoms with E-state index in [9.17, 15) is 32.9 Å². The third-order valence-electron chi connectivity index (χ3n) is 4.53. The Balaban J connectivity index is 1.85. The molecule has 146 valence electrons. The molecule has 1 atom stereocenters. The summed E-state index contributed by atoms with van der Waals surface area (Å²) in [5, 5.41) is 13.5. The third kappa shape index (κ3) is 3.40. The van der Waals surface area contributed by atoms with Crippen LogP contribution in [0.3, 0.4) is 0 Å². The Labute approximate surface area is 156 Å². The number of carbonyl (C=O) groups excluding carboxylic acids is 2. The van der Waals surface area contributed by atoms with Crippen LogP contribution in [-0.2, 0) is 23.1 Å². The van der Waals surface area contributed by atoms with Gasteiger partial charge in [-0.1, -0.05) is 24.3 Å². The monoisotopic (exact) mass is 393 g/mol. The number of hydrogen-bond acceptors (Lipinski definition) is 4. The normalized spacial score (nSPS) is 19.6. The number of benzene rings is 2. The molecule has 0 aliphatic carbocycles. The van der Waals surface area contributed by atoms with Crippen LogP contribution in [-0.4, -0.2) is 21.8 Å². The fraction of sp³-hybridized carbons (Fsp3) is 0.222. The molecule has 0 bridgehead atoms. The zero-order chi connectivity index (χ0) is 20.7. The first kappa shape index (κ1) is 19.3. The number of amides is 3. The van der Waals surface area contributed by atoms with Crippen molar-refractivity contribution in [3.8, 4) is 0 Å². The van der Waals surface area contributed by atoms with Gasteiger partial charge in [-0.25, -0.2) is 4.79 Å². The third-order valence-corrected chi connectivity index (χ3v) is 4.53. The van der Waals surface area contributed by atoms with E-state index in [1.807, 2.05) is 0 Å². The zero-order valence-electron chi connectivity index (χ0n) is 14.5. The van der Waals surface area contributed by atoms with Gasteiger partial charge >= 0.3 is 12.2 Å². The lowest BCUT2D eigenvalue weighted by Crippen LogP contribution is -2.40. The summed E-state index contributed by atoms with van der Waals surface area (Å²) >= 11 is 0. The van der Waals surface area contributed by atoms with Crippen molar-refractivity contribution in [2.45, 2.75) is 25.2 Å². The molecule has 28 heavy (non-hydrogen) atoms. The highest BCUT2D eigenvalue weighted by Gasteiger charge is 2.49. The van der Waals surface area contributed by atoms with E-state index in [0.29, 0.717) is 5.56 Å². The van der Waals surface area contributed by atoms with E-state index < -0.39 is 34.1 Å². The van der Waals surface area contributed by atoms with E-state index in [1.165, 1.54) is 43.3 Å². The molecule has 3 amide bonds. The number of imide groups is 1. The molecule has 1 aliphatic rings. The molecule has 0 saturated carbocycles. The first-order valence-electron chi connectivity index (χ1n) is 8.07. The second-order valence-electron chi connectivity index (χ2n) is 6.45. The number of nitrogens with zero attached hydrogens (tertiary/aromatic N) is 2. The van der Waals surface area contributed by atoms with E-state index in [0.717, 1.165) is 17.0 Å². The van der Waals surface area contributed by atoms with Gasteiger partial charge in [0, 0.05) is 12.1 Å². The van der Waals surface area contributed by atoms with E-state index in [1.54, 1.807) is 0 Å². The largest absolute Gasteiger partial charge is 0.416 e. The summed E-state index contributed by atoms with van der Waals surface area (Å²) in [4.78, 5) is 36.4. The van der Waals surface area contributed by atoms with Crippen molar-refractivity contribution in [3.63, 3.8) is 0 Å². The standard InChI is InChI=1S/C18H14F3N3O4/c1-17(13-3-2-4-14(9-13)24(27)28)15(25)23(16(26)22-17)10-11-5-7-12(8-6-11)18(19,20)21/h2-9H,10H2,1H3,(H,22,26)/t17-/m0/s1. The second-order valence-corrected chi connectivity index (χ2v) is 6.45. The summed E-state index contributed by atoms with van der Waals surface area (Å²) in [6.45, 7) is 1.19. The van der Waals surface area contributed by atoms with Gasteiger partial charge in [0.15, 0.2) is 0 Å². The lowest BCUT2D eigenvalue weighted by Gasteiger charge is -2.22. The molecule has 1 aliphatic heterocycles. The molecule has 1 N–H and O–H groups in total. The van der Waals surface area contributed by atoms with Gasteiger partial charge in [0.05, 0.1) is 17.0 Å². The summed E-state index contributed by atoms with van der Waals surface area (Å²) < 4.78 is 38.0. The molecule has 0 aromatic heterocycles. The summed E-state index contributed by atoms with van der Waals surface area (Å²) in [5.41, 5.74) is -2.03. The summed E-state index contributed by atoms with van der Waals surface area (Å²) in [7, 11) is 0. The topological polar surface area (TPSA) is 92.6 Å². The molecular formula is C18H14F3N3O4. The minimum atomic E-state index is -4.49. The Morgan fingerprint density at radius 1 is 1.14 bits per heavy atom. The van der Waals surface area contributed by atoms with Gasteiger partial charge in [-0.2, -0.15) is 13.2 Å². The number of hydrogen-bond donors (Lipinski definition) is 1. The number of rotatable bonds is 4. The SMILES string of the molecule is C[C@@]1(c2cccc([N+](=O)[O-])c2)NC(=O)N(Cc2ccc(C(F)(F)F)cc2)C1=O. The fourth-order valence-electron chi connectivity index (χ4n) is 2.95. The van der Waals surface area contributed by atoms with E-state index in [-0.39, 0.29) is 17.8 Å². The molecule has 2 aromatic carbocycles. The molecule has 1 fully saturated rings. The highest BCUT2D eigenvalue weighted by atomic mass is 19.4. The van der Waals surface area contributed by atoms with Crippen LogP contribution >= 0.6 is 0 Å². The smallest absolute Gasteiger partial charge is 0.319 e. The minimum Gasteiger partial charge on any atom is -0.319 e. The average molecular weight is 393 g/mol. The van der Waals surface area contributed by atoms with Crippen LogP contribution in [0.4, 0.5) is 23.7 Å². The van der Waals surface area contributed by atoms with E-state index in [2.05, 4.69) is 5.32 Å². The Bertz CT molecular complexity index is 959. The molecule has 1 heterocycles. The molecule has 7 nitrogen and oxygen atoms in total. The van der Waals surface area contributed by atoms with Gasteiger partial charge in [0.25, 0.3) is 11.6 Å². The first-order valence-corrected chi connectivity index (χ1v) is 8.07. The van der Waals surface area contributed by atoms with Crippen LogP contribution in [0, 0.1) is 10.1 Å². The predicted octanol–water partition coefficient (Wildman–Crippen LogP) is 3.58. The van der Waals surface area contributed by atoms with Gasteiger partial charge in [-0.15, -0.1) is 0 Å².